The molecule has 0 bridgehead atoms. The SMILES string of the molecule is CCOC(=O)C[C@@H](Cc1ccc(-c2ccccc2)cc1)NC(=O)c1ccc(NS(C)(=O)=O)nc1.CCOC(=O)C[C@H](N)Cc1ccc(-c2ccccc2)cc1.Cl. The fourth-order valence-corrected chi connectivity index (χ4v) is 6.16. The highest BCUT2D eigenvalue weighted by molar-refractivity contribution is 7.92. The molecule has 0 spiro atoms. The molecule has 13 heteroatoms. The first kappa shape index (κ1) is 44.8. The molecule has 56 heavy (non-hydrogen) atoms. The van der Waals surface area contributed by atoms with Gasteiger partial charge in [0.15, 0.2) is 0 Å². The van der Waals surface area contributed by atoms with E-state index in [1.54, 1.807) is 13.8 Å². The monoisotopic (exact) mass is 800 g/mol. The highest BCUT2D eigenvalue weighted by atomic mass is 35.5. The van der Waals surface area contributed by atoms with Crippen LogP contribution in [0.15, 0.2) is 128 Å². The van der Waals surface area contributed by atoms with Gasteiger partial charge in [-0.05, 0) is 72.2 Å². The van der Waals surface area contributed by atoms with Crippen molar-refractivity contribution in [3.63, 3.8) is 0 Å². The first-order chi connectivity index (χ1) is 26.4. The number of anilines is 1. The van der Waals surface area contributed by atoms with Crippen molar-refractivity contribution in [2.75, 3.05) is 24.2 Å². The molecule has 11 nitrogen and oxygen atoms in total. The summed E-state index contributed by atoms with van der Waals surface area (Å²) in [7, 11) is -3.47. The largest absolute Gasteiger partial charge is 0.466 e. The molecule has 0 radical (unpaired) electrons. The molecule has 1 heterocycles. The van der Waals surface area contributed by atoms with E-state index < -0.39 is 27.9 Å². The summed E-state index contributed by atoms with van der Waals surface area (Å²) in [5.41, 5.74) is 12.9. The third-order valence-electron chi connectivity index (χ3n) is 8.21. The number of aromatic nitrogens is 1. The third-order valence-corrected chi connectivity index (χ3v) is 8.79. The molecule has 1 amide bonds. The number of pyridine rings is 1. The number of nitrogens with one attached hydrogen (secondary N) is 2. The Kier molecular flexibility index (Phi) is 18.2. The lowest BCUT2D eigenvalue weighted by atomic mass is 9.99. The molecule has 0 fully saturated rings. The molecule has 0 aliphatic carbocycles. The molecule has 296 valence electrons. The summed E-state index contributed by atoms with van der Waals surface area (Å²) < 4.78 is 34.9. The van der Waals surface area contributed by atoms with Gasteiger partial charge in [-0.3, -0.25) is 19.1 Å². The quantitative estimate of drug-likeness (QED) is 0.0890. The van der Waals surface area contributed by atoms with E-state index in [1.165, 1.54) is 29.5 Å². The summed E-state index contributed by atoms with van der Waals surface area (Å²) in [6.07, 6.45) is 3.67. The standard InChI is InChI=1S/C25H27N3O5S.C18H21NO2.ClH/c1-3-33-24(29)16-22(15-18-9-11-20(12-10-18)19-7-5-4-6-8-19)27-25(30)21-13-14-23(26-17-21)28-34(2,31)32;1-2-21-18(20)13-17(19)12-14-8-10-16(11-9-14)15-6-4-3-5-7-15;/h4-14,17,22H,3,15-16H2,1-2H3,(H,26,28)(H,27,30);3-11,17H,2,12-13,19H2,1H3;1H/t22-;17-;/m11./s1. The van der Waals surface area contributed by atoms with E-state index in [0.717, 1.165) is 28.5 Å². The first-order valence-electron chi connectivity index (χ1n) is 18.0. The molecular formula is C43H49ClN4O7S. The molecule has 0 unspecified atom stereocenters. The fraction of sp³-hybridized carbons (Fsp3) is 0.256. The molecule has 5 rings (SSSR count). The van der Waals surface area contributed by atoms with E-state index in [1.807, 2.05) is 72.8 Å². The van der Waals surface area contributed by atoms with E-state index >= 15 is 0 Å². The van der Waals surface area contributed by atoms with Gasteiger partial charge in [0, 0.05) is 18.3 Å². The summed E-state index contributed by atoms with van der Waals surface area (Å²) in [5.74, 6) is -0.945. The number of amides is 1. The van der Waals surface area contributed by atoms with Crippen LogP contribution in [0.3, 0.4) is 0 Å². The van der Waals surface area contributed by atoms with Gasteiger partial charge in [-0.15, -0.1) is 12.4 Å². The smallest absolute Gasteiger partial charge is 0.307 e. The predicted molar refractivity (Wildman–Crippen MR) is 223 cm³/mol. The minimum absolute atomic E-state index is 0. The van der Waals surface area contributed by atoms with Gasteiger partial charge >= 0.3 is 11.9 Å². The van der Waals surface area contributed by atoms with Crippen molar-refractivity contribution in [1.29, 1.82) is 0 Å². The number of ether oxygens (including phenoxy) is 2. The second-order valence-corrected chi connectivity index (χ2v) is 14.5. The number of sulfonamides is 1. The van der Waals surface area contributed by atoms with E-state index in [4.69, 9.17) is 15.2 Å². The Labute approximate surface area is 335 Å². The van der Waals surface area contributed by atoms with Gasteiger partial charge in [-0.25, -0.2) is 13.4 Å². The van der Waals surface area contributed by atoms with Gasteiger partial charge in [0.2, 0.25) is 10.0 Å². The Hall–Kier alpha value is -5.56. The van der Waals surface area contributed by atoms with Crippen molar-refractivity contribution in [1.82, 2.24) is 10.3 Å². The highest BCUT2D eigenvalue weighted by Gasteiger charge is 2.20. The van der Waals surface area contributed by atoms with Gasteiger partial charge in [0.25, 0.3) is 5.91 Å². The summed E-state index contributed by atoms with van der Waals surface area (Å²) in [6, 6.07) is 38.6. The number of halogens is 1. The number of esters is 2. The molecular weight excluding hydrogens is 752 g/mol. The first-order valence-corrected chi connectivity index (χ1v) is 19.9. The summed E-state index contributed by atoms with van der Waals surface area (Å²) >= 11 is 0. The maximum atomic E-state index is 12.8. The van der Waals surface area contributed by atoms with Crippen LogP contribution in [-0.2, 0) is 41.9 Å². The van der Waals surface area contributed by atoms with Crippen LogP contribution in [0.4, 0.5) is 5.82 Å². The predicted octanol–water partition coefficient (Wildman–Crippen LogP) is 7.01. The van der Waals surface area contributed by atoms with Crippen LogP contribution in [0.25, 0.3) is 22.3 Å². The molecule has 0 aliphatic rings. The Morgan fingerprint density at radius 1 is 0.661 bits per heavy atom. The van der Waals surface area contributed by atoms with Gasteiger partial charge in [0.1, 0.15) is 5.82 Å². The molecule has 5 aromatic rings. The number of nitrogens with zero attached hydrogens (tertiary/aromatic N) is 1. The van der Waals surface area contributed by atoms with Gasteiger partial charge in [-0.1, -0.05) is 109 Å². The van der Waals surface area contributed by atoms with Crippen LogP contribution in [0, 0.1) is 0 Å². The minimum Gasteiger partial charge on any atom is -0.466 e. The van der Waals surface area contributed by atoms with Crippen LogP contribution >= 0.6 is 12.4 Å². The van der Waals surface area contributed by atoms with E-state index in [0.29, 0.717) is 19.4 Å². The summed E-state index contributed by atoms with van der Waals surface area (Å²) in [5, 5.41) is 2.87. The maximum Gasteiger partial charge on any atom is 0.307 e. The minimum atomic E-state index is -3.47. The van der Waals surface area contributed by atoms with E-state index in [9.17, 15) is 22.8 Å². The lowest BCUT2D eigenvalue weighted by Crippen LogP contribution is -2.38. The Bertz CT molecular complexity index is 2070. The zero-order valence-electron chi connectivity index (χ0n) is 31.7. The number of hydrogen-bond acceptors (Lipinski definition) is 9. The Balaban J connectivity index is 0.000000328. The van der Waals surface area contributed by atoms with E-state index in [2.05, 4.69) is 51.4 Å². The zero-order chi connectivity index (χ0) is 39.6. The third kappa shape index (κ3) is 15.7. The second kappa shape index (κ2) is 22.7. The summed E-state index contributed by atoms with van der Waals surface area (Å²) in [6.45, 7) is 4.18. The zero-order valence-corrected chi connectivity index (χ0v) is 33.4. The number of rotatable bonds is 16. The van der Waals surface area contributed by atoms with Crippen molar-refractivity contribution in [2.45, 2.75) is 51.6 Å². The molecule has 4 aromatic carbocycles. The van der Waals surface area contributed by atoms with Crippen molar-refractivity contribution in [2.24, 2.45) is 5.73 Å². The van der Waals surface area contributed by atoms with Crippen LogP contribution < -0.4 is 15.8 Å². The lowest BCUT2D eigenvalue weighted by molar-refractivity contribution is -0.144. The Morgan fingerprint density at radius 2 is 1.12 bits per heavy atom. The highest BCUT2D eigenvalue weighted by Crippen LogP contribution is 2.21. The Morgan fingerprint density at radius 3 is 1.57 bits per heavy atom. The van der Waals surface area contributed by atoms with Gasteiger partial charge in [0.05, 0.1) is 37.9 Å². The van der Waals surface area contributed by atoms with Crippen LogP contribution in [0.1, 0.15) is 48.2 Å². The summed E-state index contributed by atoms with van der Waals surface area (Å²) in [4.78, 5) is 40.2. The van der Waals surface area contributed by atoms with Gasteiger partial charge < -0.3 is 20.5 Å². The van der Waals surface area contributed by atoms with Crippen molar-refractivity contribution < 1.29 is 32.3 Å². The second-order valence-electron chi connectivity index (χ2n) is 12.8. The lowest BCUT2D eigenvalue weighted by Gasteiger charge is -2.18. The number of carbonyl (C=O) groups excluding carboxylic acids is 3. The van der Waals surface area contributed by atoms with Crippen molar-refractivity contribution in [3.05, 3.63) is 144 Å². The molecule has 4 N–H and O–H groups in total. The average Bonchev–Trinajstić information content (AvgIpc) is 3.16. The number of hydrogen-bond donors (Lipinski definition) is 3. The fourth-order valence-electron chi connectivity index (χ4n) is 5.66. The number of benzene rings is 4. The van der Waals surface area contributed by atoms with E-state index in [-0.39, 0.29) is 55.2 Å². The van der Waals surface area contributed by atoms with Crippen LogP contribution in [-0.4, -0.2) is 62.8 Å². The number of carbonyl (C=O) groups is 3. The van der Waals surface area contributed by atoms with Crippen LogP contribution in [0.5, 0.6) is 0 Å². The molecule has 0 saturated carbocycles. The molecule has 1 aromatic heterocycles. The molecule has 2 atom stereocenters. The number of nitrogens with two attached hydrogens (primary N) is 1. The normalized spacial score (nSPS) is 11.7. The van der Waals surface area contributed by atoms with Crippen molar-refractivity contribution in [3.8, 4) is 22.3 Å². The van der Waals surface area contributed by atoms with Crippen LogP contribution in [0.2, 0.25) is 0 Å². The molecule has 0 aliphatic heterocycles. The topological polar surface area (TPSA) is 167 Å². The van der Waals surface area contributed by atoms with Crippen molar-refractivity contribution >= 4 is 46.1 Å². The average molecular weight is 801 g/mol. The molecule has 0 saturated heterocycles. The maximum absolute atomic E-state index is 12.8. The van der Waals surface area contributed by atoms with Gasteiger partial charge in [-0.2, -0.15) is 0 Å².